The molecule has 2 aromatic carbocycles. The molecule has 1 heterocycles. The zero-order chi connectivity index (χ0) is 17.5. The number of ether oxygens (including phenoxy) is 2. The number of nitrogens with one attached hydrogen (secondary N) is 1. The van der Waals surface area contributed by atoms with Crippen molar-refractivity contribution >= 4 is 17.2 Å². The summed E-state index contributed by atoms with van der Waals surface area (Å²) < 4.78 is 10.9. The van der Waals surface area contributed by atoms with E-state index in [1.54, 1.807) is 30.8 Å². The van der Waals surface area contributed by atoms with Gasteiger partial charge in [0.25, 0.3) is 5.91 Å². The summed E-state index contributed by atoms with van der Waals surface area (Å²) in [6.45, 7) is 0.818. The van der Waals surface area contributed by atoms with Crippen LogP contribution >= 0.6 is 11.3 Å². The van der Waals surface area contributed by atoms with Crippen molar-refractivity contribution < 1.29 is 14.3 Å². The van der Waals surface area contributed by atoms with Crippen LogP contribution in [0.1, 0.15) is 21.6 Å². The minimum absolute atomic E-state index is 0.151. The predicted octanol–water partition coefficient (Wildman–Crippen LogP) is 3.66. The number of methoxy groups -OCH3 is 1. The molecule has 3 aromatic rings. The quantitative estimate of drug-likeness (QED) is 0.703. The molecule has 0 saturated carbocycles. The second-order valence-electron chi connectivity index (χ2n) is 5.33. The SMILES string of the molecule is COc1cccc(CNC(=O)c2cccc(OCc3cscn3)c2)c1. The van der Waals surface area contributed by atoms with E-state index in [2.05, 4.69) is 10.3 Å². The normalized spacial score (nSPS) is 10.3. The standard InChI is InChI=1S/C19H18N2O3S/c1-23-17-6-2-4-14(8-17)10-20-19(22)15-5-3-7-18(9-15)24-11-16-12-25-13-21-16/h2-9,12-13H,10-11H2,1H3,(H,20,22). The maximum Gasteiger partial charge on any atom is 0.251 e. The van der Waals surface area contributed by atoms with Crippen molar-refractivity contribution in [2.45, 2.75) is 13.2 Å². The molecule has 5 nitrogen and oxygen atoms in total. The lowest BCUT2D eigenvalue weighted by Crippen LogP contribution is -2.22. The van der Waals surface area contributed by atoms with Crippen LogP contribution in [0, 0.1) is 0 Å². The zero-order valence-corrected chi connectivity index (χ0v) is 14.6. The Bertz CT molecular complexity index is 834. The lowest BCUT2D eigenvalue weighted by Gasteiger charge is -2.09. The van der Waals surface area contributed by atoms with Crippen LogP contribution in [0.4, 0.5) is 0 Å². The van der Waals surface area contributed by atoms with Gasteiger partial charge in [-0.1, -0.05) is 18.2 Å². The van der Waals surface area contributed by atoms with Gasteiger partial charge in [0.1, 0.15) is 18.1 Å². The van der Waals surface area contributed by atoms with Crippen LogP contribution in [-0.2, 0) is 13.2 Å². The second kappa shape index (κ2) is 8.30. The molecular weight excluding hydrogens is 336 g/mol. The summed E-state index contributed by atoms with van der Waals surface area (Å²) in [6, 6.07) is 14.7. The van der Waals surface area contributed by atoms with Crippen LogP contribution in [-0.4, -0.2) is 18.0 Å². The Morgan fingerprint density at radius 1 is 1.16 bits per heavy atom. The molecule has 0 saturated heterocycles. The van der Waals surface area contributed by atoms with Crippen molar-refractivity contribution in [2.75, 3.05) is 7.11 Å². The number of carbonyl (C=O) groups excluding carboxylic acids is 1. The average molecular weight is 354 g/mol. The smallest absolute Gasteiger partial charge is 0.251 e. The van der Waals surface area contributed by atoms with Gasteiger partial charge < -0.3 is 14.8 Å². The van der Waals surface area contributed by atoms with E-state index in [4.69, 9.17) is 9.47 Å². The summed E-state index contributed by atoms with van der Waals surface area (Å²) in [7, 11) is 1.62. The van der Waals surface area contributed by atoms with Crippen molar-refractivity contribution in [2.24, 2.45) is 0 Å². The van der Waals surface area contributed by atoms with Gasteiger partial charge in [0.2, 0.25) is 0 Å². The number of amides is 1. The number of rotatable bonds is 7. The minimum Gasteiger partial charge on any atom is -0.497 e. The van der Waals surface area contributed by atoms with E-state index in [-0.39, 0.29) is 5.91 Å². The molecular formula is C19H18N2O3S. The maximum atomic E-state index is 12.3. The third-order valence-corrected chi connectivity index (χ3v) is 4.19. The lowest BCUT2D eigenvalue weighted by molar-refractivity contribution is 0.0950. The van der Waals surface area contributed by atoms with Crippen molar-refractivity contribution in [3.63, 3.8) is 0 Å². The summed E-state index contributed by atoms with van der Waals surface area (Å²) in [5.41, 5.74) is 4.17. The first-order valence-electron chi connectivity index (χ1n) is 7.75. The van der Waals surface area contributed by atoms with Crippen LogP contribution in [0.15, 0.2) is 59.4 Å². The molecule has 1 aromatic heterocycles. The van der Waals surface area contributed by atoms with E-state index in [9.17, 15) is 4.79 Å². The summed E-state index contributed by atoms with van der Waals surface area (Å²) in [4.78, 5) is 16.5. The molecule has 0 unspecified atom stereocenters. The molecule has 0 aliphatic heterocycles. The Morgan fingerprint density at radius 2 is 2.00 bits per heavy atom. The fourth-order valence-electron chi connectivity index (χ4n) is 2.26. The van der Waals surface area contributed by atoms with Crippen molar-refractivity contribution in [1.82, 2.24) is 10.3 Å². The van der Waals surface area contributed by atoms with Gasteiger partial charge in [-0.15, -0.1) is 11.3 Å². The monoisotopic (exact) mass is 354 g/mol. The number of thiazole rings is 1. The van der Waals surface area contributed by atoms with Crippen LogP contribution in [0.5, 0.6) is 11.5 Å². The summed E-state index contributed by atoms with van der Waals surface area (Å²) in [6.07, 6.45) is 0. The molecule has 0 bridgehead atoms. The summed E-state index contributed by atoms with van der Waals surface area (Å²) in [5, 5.41) is 4.84. The van der Waals surface area contributed by atoms with E-state index in [1.807, 2.05) is 35.7 Å². The molecule has 1 amide bonds. The minimum atomic E-state index is -0.151. The van der Waals surface area contributed by atoms with Gasteiger partial charge in [0.05, 0.1) is 18.3 Å². The molecule has 0 aliphatic carbocycles. The molecule has 0 atom stereocenters. The lowest BCUT2D eigenvalue weighted by atomic mass is 10.2. The number of hydrogen-bond acceptors (Lipinski definition) is 5. The van der Waals surface area contributed by atoms with Crippen molar-refractivity contribution in [3.8, 4) is 11.5 Å². The predicted molar refractivity (Wildman–Crippen MR) is 97.1 cm³/mol. The fraction of sp³-hybridized carbons (Fsp3) is 0.158. The average Bonchev–Trinajstić information content (AvgIpc) is 3.18. The highest BCUT2D eigenvalue weighted by molar-refractivity contribution is 7.07. The van der Waals surface area contributed by atoms with Crippen LogP contribution in [0.3, 0.4) is 0 Å². The highest BCUT2D eigenvalue weighted by Gasteiger charge is 2.07. The molecule has 0 aliphatic rings. The van der Waals surface area contributed by atoms with E-state index in [0.717, 1.165) is 17.0 Å². The van der Waals surface area contributed by atoms with Crippen molar-refractivity contribution in [3.05, 3.63) is 76.2 Å². The first-order chi connectivity index (χ1) is 12.2. The fourth-order valence-corrected chi connectivity index (χ4v) is 2.80. The second-order valence-corrected chi connectivity index (χ2v) is 6.05. The Morgan fingerprint density at radius 3 is 2.80 bits per heavy atom. The van der Waals surface area contributed by atoms with Gasteiger partial charge >= 0.3 is 0 Å². The van der Waals surface area contributed by atoms with Crippen LogP contribution in [0.25, 0.3) is 0 Å². The van der Waals surface area contributed by atoms with Crippen LogP contribution in [0.2, 0.25) is 0 Å². The molecule has 3 rings (SSSR count). The van der Waals surface area contributed by atoms with Gasteiger partial charge in [-0.2, -0.15) is 0 Å². The third kappa shape index (κ3) is 4.81. The molecule has 6 heteroatoms. The molecule has 0 spiro atoms. The highest BCUT2D eigenvalue weighted by Crippen LogP contribution is 2.16. The van der Waals surface area contributed by atoms with Gasteiger partial charge in [-0.05, 0) is 35.9 Å². The molecule has 0 radical (unpaired) electrons. The number of hydrogen-bond donors (Lipinski definition) is 1. The number of aromatic nitrogens is 1. The molecule has 25 heavy (non-hydrogen) atoms. The van der Waals surface area contributed by atoms with Crippen LogP contribution < -0.4 is 14.8 Å². The number of carbonyl (C=O) groups is 1. The van der Waals surface area contributed by atoms with E-state index in [0.29, 0.717) is 24.5 Å². The summed E-state index contributed by atoms with van der Waals surface area (Å²) >= 11 is 1.53. The summed E-state index contributed by atoms with van der Waals surface area (Å²) in [5.74, 6) is 1.26. The Hall–Kier alpha value is -2.86. The Labute approximate surface area is 150 Å². The largest absolute Gasteiger partial charge is 0.497 e. The van der Waals surface area contributed by atoms with Gasteiger partial charge in [-0.25, -0.2) is 4.98 Å². The number of benzene rings is 2. The van der Waals surface area contributed by atoms with Gasteiger partial charge in [-0.3, -0.25) is 4.79 Å². The zero-order valence-electron chi connectivity index (χ0n) is 13.8. The highest BCUT2D eigenvalue weighted by atomic mass is 32.1. The maximum absolute atomic E-state index is 12.3. The Kier molecular flexibility index (Phi) is 5.64. The first kappa shape index (κ1) is 17.0. The first-order valence-corrected chi connectivity index (χ1v) is 8.70. The molecule has 0 fully saturated rings. The number of nitrogens with zero attached hydrogens (tertiary/aromatic N) is 1. The van der Waals surface area contributed by atoms with E-state index >= 15 is 0 Å². The Balaban J connectivity index is 1.58. The molecule has 128 valence electrons. The van der Waals surface area contributed by atoms with Gasteiger partial charge in [0, 0.05) is 17.5 Å². The van der Waals surface area contributed by atoms with E-state index in [1.165, 1.54) is 11.3 Å². The van der Waals surface area contributed by atoms with Gasteiger partial charge in [0.15, 0.2) is 0 Å². The molecule has 1 N–H and O–H groups in total. The topological polar surface area (TPSA) is 60.5 Å². The van der Waals surface area contributed by atoms with E-state index < -0.39 is 0 Å². The third-order valence-electron chi connectivity index (χ3n) is 3.55. The van der Waals surface area contributed by atoms with Crippen molar-refractivity contribution in [1.29, 1.82) is 0 Å².